The third-order valence-electron chi connectivity index (χ3n) is 3.33. The highest BCUT2D eigenvalue weighted by Crippen LogP contribution is 2.51. The molecule has 0 aliphatic carbocycles. The Morgan fingerprint density at radius 3 is 2.47 bits per heavy atom. The van der Waals surface area contributed by atoms with Gasteiger partial charge in [0.25, 0.3) is 0 Å². The summed E-state index contributed by atoms with van der Waals surface area (Å²) in [5, 5.41) is 0.816. The molecule has 0 nitrogen and oxygen atoms in total. The Kier molecular flexibility index (Phi) is 4.19. The molecule has 1 unspecified atom stereocenters. The van der Waals surface area contributed by atoms with Crippen LogP contribution < -0.4 is 0 Å². The van der Waals surface area contributed by atoms with E-state index < -0.39 is 16.0 Å². The first-order valence-electron chi connectivity index (χ1n) is 6.62. The minimum Gasteiger partial charge on any atom is -0.118 e. The van der Waals surface area contributed by atoms with Gasteiger partial charge in [-0.3, -0.25) is 0 Å². The van der Waals surface area contributed by atoms with Crippen LogP contribution >= 0.6 is 10.5 Å². The quantitative estimate of drug-likeness (QED) is 0.608. The largest absolute Gasteiger partial charge is 0.600 e. The first kappa shape index (κ1) is 14.4. The highest BCUT2D eigenvalue weighted by Gasteiger charge is 2.47. The SMILES string of the molecule is CCCCc1cc2c(CC)cccc2[s+]1C(F)(F)F. The van der Waals surface area contributed by atoms with Gasteiger partial charge >= 0.3 is 5.51 Å². The molecule has 0 N–H and O–H groups in total. The molecular weight excluding hydrogens is 269 g/mol. The second kappa shape index (κ2) is 5.53. The molecule has 0 spiro atoms. The molecule has 4 heteroatoms. The summed E-state index contributed by atoms with van der Waals surface area (Å²) in [4.78, 5) is 0.560. The molecule has 1 heterocycles. The first-order chi connectivity index (χ1) is 8.99. The summed E-state index contributed by atoms with van der Waals surface area (Å²) >= 11 is 0. The maximum atomic E-state index is 13.3. The lowest BCUT2D eigenvalue weighted by molar-refractivity contribution is -0.0867. The number of unbranched alkanes of at least 4 members (excludes halogenated alkanes) is 1. The molecule has 0 saturated carbocycles. The van der Waals surface area contributed by atoms with Crippen LogP contribution in [0.1, 0.15) is 37.1 Å². The summed E-state index contributed by atoms with van der Waals surface area (Å²) in [5.74, 6) is 0. The Hall–Kier alpha value is -1.03. The van der Waals surface area contributed by atoms with Crippen molar-refractivity contribution in [3.05, 3.63) is 34.7 Å². The molecular formula is C15H18F3S+. The lowest BCUT2D eigenvalue weighted by Crippen LogP contribution is -1.98. The Morgan fingerprint density at radius 2 is 1.89 bits per heavy atom. The van der Waals surface area contributed by atoms with Crippen molar-refractivity contribution >= 4 is 20.6 Å². The Labute approximate surface area is 114 Å². The van der Waals surface area contributed by atoms with E-state index >= 15 is 0 Å². The van der Waals surface area contributed by atoms with Crippen molar-refractivity contribution in [1.29, 1.82) is 0 Å². The van der Waals surface area contributed by atoms with Gasteiger partial charge in [-0.25, -0.2) is 0 Å². The van der Waals surface area contributed by atoms with Gasteiger partial charge in [0.15, 0.2) is 9.58 Å². The summed E-state index contributed by atoms with van der Waals surface area (Å²) < 4.78 is 40.4. The maximum Gasteiger partial charge on any atom is 0.600 e. The zero-order chi connectivity index (χ0) is 14.0. The van der Waals surface area contributed by atoms with Gasteiger partial charge < -0.3 is 0 Å². The van der Waals surface area contributed by atoms with Crippen molar-refractivity contribution < 1.29 is 13.2 Å². The predicted octanol–water partition coefficient (Wildman–Crippen LogP) is 5.97. The number of rotatable bonds is 4. The molecule has 19 heavy (non-hydrogen) atoms. The zero-order valence-electron chi connectivity index (χ0n) is 11.2. The molecule has 104 valence electrons. The van der Waals surface area contributed by atoms with Gasteiger partial charge in [-0.15, -0.1) is 13.2 Å². The van der Waals surface area contributed by atoms with Gasteiger partial charge in [0.05, 0.1) is 10.5 Å². The summed E-state index contributed by atoms with van der Waals surface area (Å²) in [6, 6.07) is 7.11. The third kappa shape index (κ3) is 2.78. The molecule has 0 fully saturated rings. The lowest BCUT2D eigenvalue weighted by Gasteiger charge is -2.00. The minimum atomic E-state index is -4.16. The van der Waals surface area contributed by atoms with Crippen molar-refractivity contribution in [2.75, 3.05) is 0 Å². The number of fused-ring (bicyclic) bond motifs is 1. The fraction of sp³-hybridized carbons (Fsp3) is 0.467. The molecule has 0 amide bonds. The van der Waals surface area contributed by atoms with Crippen molar-refractivity contribution in [3.63, 3.8) is 0 Å². The number of hydrogen-bond donors (Lipinski definition) is 0. The summed E-state index contributed by atoms with van der Waals surface area (Å²) in [6.07, 6.45) is 3.07. The third-order valence-corrected chi connectivity index (χ3v) is 5.44. The summed E-state index contributed by atoms with van der Waals surface area (Å²) in [6.45, 7) is 3.99. The molecule has 0 aliphatic rings. The molecule has 2 aromatic rings. The normalized spacial score (nSPS) is 13.2. The molecule has 1 aromatic heterocycles. The van der Waals surface area contributed by atoms with Gasteiger partial charge in [0.2, 0.25) is 0 Å². The van der Waals surface area contributed by atoms with Gasteiger partial charge in [-0.05, 0) is 24.5 Å². The maximum absolute atomic E-state index is 13.3. The number of hydrogen-bond acceptors (Lipinski definition) is 0. The average Bonchev–Trinajstić information content (AvgIpc) is 2.73. The van der Waals surface area contributed by atoms with Gasteiger partial charge in [0, 0.05) is 17.9 Å². The molecule has 0 aliphatic heterocycles. The van der Waals surface area contributed by atoms with Crippen molar-refractivity contribution in [3.8, 4) is 0 Å². The molecule has 0 saturated heterocycles. The molecule has 0 bridgehead atoms. The van der Waals surface area contributed by atoms with E-state index in [1.807, 2.05) is 19.9 Å². The van der Waals surface area contributed by atoms with Crippen molar-refractivity contribution in [1.82, 2.24) is 0 Å². The van der Waals surface area contributed by atoms with Gasteiger partial charge in [0.1, 0.15) is 0 Å². The molecule has 0 radical (unpaired) electrons. The van der Waals surface area contributed by atoms with Crippen LogP contribution in [-0.4, -0.2) is 0 Å². The number of aryl methyl sites for hydroxylation is 2. The van der Waals surface area contributed by atoms with E-state index in [0.29, 0.717) is 16.0 Å². The monoisotopic (exact) mass is 287 g/mol. The first-order valence-corrected chi connectivity index (χ1v) is 7.85. The minimum absolute atomic E-state index is 0.470. The Bertz CT molecular complexity index is 567. The van der Waals surface area contributed by atoms with Gasteiger partial charge in [-0.1, -0.05) is 32.4 Å². The standard InChI is InChI=1S/C15H18F3S/c1-3-5-8-12-10-13-11(4-2)7-6-9-14(13)19(12)15(16,17)18/h6-7,9-10H,3-5,8H2,1-2H3/q+1. The van der Waals surface area contributed by atoms with E-state index in [1.54, 1.807) is 18.2 Å². The fourth-order valence-corrected chi connectivity index (χ4v) is 4.44. The van der Waals surface area contributed by atoms with E-state index in [1.165, 1.54) is 0 Å². The van der Waals surface area contributed by atoms with Crippen LogP contribution in [-0.2, 0) is 18.3 Å². The van der Waals surface area contributed by atoms with Crippen LogP contribution in [0.3, 0.4) is 0 Å². The van der Waals surface area contributed by atoms with E-state index in [9.17, 15) is 13.2 Å². The van der Waals surface area contributed by atoms with Crippen LogP contribution in [0.4, 0.5) is 13.2 Å². The fourth-order valence-electron chi connectivity index (χ4n) is 2.40. The van der Waals surface area contributed by atoms with Crippen LogP contribution in [0.2, 0.25) is 0 Å². The van der Waals surface area contributed by atoms with Gasteiger partial charge in [-0.2, -0.15) is 0 Å². The van der Waals surface area contributed by atoms with Crippen molar-refractivity contribution in [2.45, 2.75) is 45.0 Å². The lowest BCUT2D eigenvalue weighted by atomic mass is 10.1. The smallest absolute Gasteiger partial charge is 0.118 e. The average molecular weight is 287 g/mol. The number of thiophene rings is 1. The van der Waals surface area contributed by atoms with Crippen LogP contribution in [0.5, 0.6) is 0 Å². The van der Waals surface area contributed by atoms with Crippen LogP contribution in [0.15, 0.2) is 24.3 Å². The van der Waals surface area contributed by atoms with E-state index in [4.69, 9.17) is 0 Å². The molecule has 1 atom stereocenters. The number of benzene rings is 1. The topological polar surface area (TPSA) is 0 Å². The summed E-state index contributed by atoms with van der Waals surface area (Å²) in [5.41, 5.74) is -3.14. The van der Waals surface area contributed by atoms with Crippen LogP contribution in [0, 0.1) is 0 Å². The Balaban J connectivity index is 2.66. The second-order valence-corrected chi connectivity index (χ2v) is 6.69. The van der Waals surface area contributed by atoms with Crippen LogP contribution in [0.25, 0.3) is 10.1 Å². The zero-order valence-corrected chi connectivity index (χ0v) is 12.0. The van der Waals surface area contributed by atoms with E-state index in [0.717, 1.165) is 30.2 Å². The Morgan fingerprint density at radius 1 is 1.16 bits per heavy atom. The molecule has 2 rings (SSSR count). The summed E-state index contributed by atoms with van der Waals surface area (Å²) in [7, 11) is -1.71. The van der Waals surface area contributed by atoms with E-state index in [-0.39, 0.29) is 0 Å². The number of alkyl halides is 3. The predicted molar refractivity (Wildman–Crippen MR) is 75.7 cm³/mol. The second-order valence-electron chi connectivity index (χ2n) is 4.65. The van der Waals surface area contributed by atoms with E-state index in [2.05, 4.69) is 0 Å². The highest BCUT2D eigenvalue weighted by molar-refractivity contribution is 7.38. The molecule has 1 aromatic carbocycles. The number of halogens is 3. The highest BCUT2D eigenvalue weighted by atomic mass is 32.2. The van der Waals surface area contributed by atoms with Crippen molar-refractivity contribution in [2.24, 2.45) is 0 Å².